The molecule has 2 rings (SSSR count). The highest BCUT2D eigenvalue weighted by molar-refractivity contribution is 5.78. The molecule has 7 nitrogen and oxygen atoms in total. The maximum absolute atomic E-state index is 12.2. The number of ether oxygens (including phenoxy) is 1. The minimum absolute atomic E-state index is 0.0860. The van der Waals surface area contributed by atoms with Crippen molar-refractivity contribution in [2.45, 2.75) is 45.8 Å². The van der Waals surface area contributed by atoms with Crippen LogP contribution in [0.1, 0.15) is 38.4 Å². The maximum atomic E-state index is 12.2. The van der Waals surface area contributed by atoms with Gasteiger partial charge in [-0.2, -0.15) is 4.98 Å². The molecule has 1 aromatic heterocycles. The van der Waals surface area contributed by atoms with E-state index in [1.54, 1.807) is 7.11 Å². The van der Waals surface area contributed by atoms with Gasteiger partial charge >= 0.3 is 0 Å². The number of rotatable bonds is 7. The third-order valence-electron chi connectivity index (χ3n) is 3.98. The van der Waals surface area contributed by atoms with E-state index in [1.807, 2.05) is 0 Å². The molecule has 22 heavy (non-hydrogen) atoms. The second-order valence-electron chi connectivity index (χ2n) is 6.01. The smallest absolute Gasteiger partial charge is 0.228 e. The zero-order valence-electron chi connectivity index (χ0n) is 13.7. The summed E-state index contributed by atoms with van der Waals surface area (Å²) in [5.41, 5.74) is 0. The summed E-state index contributed by atoms with van der Waals surface area (Å²) < 4.78 is 10.0. The summed E-state index contributed by atoms with van der Waals surface area (Å²) >= 11 is 0. The Labute approximate surface area is 131 Å². The molecule has 0 bridgehead atoms. The minimum atomic E-state index is 0.0860. The fraction of sp³-hybridized carbons (Fsp3) is 0.800. The topological polar surface area (TPSA) is 80.5 Å². The van der Waals surface area contributed by atoms with Crippen molar-refractivity contribution in [3.63, 3.8) is 0 Å². The van der Waals surface area contributed by atoms with Crippen LogP contribution in [0.3, 0.4) is 0 Å². The summed E-state index contributed by atoms with van der Waals surface area (Å²) in [5, 5.41) is 6.77. The van der Waals surface area contributed by atoms with Crippen molar-refractivity contribution in [3.05, 3.63) is 11.7 Å². The largest absolute Gasteiger partial charge is 0.377 e. The van der Waals surface area contributed by atoms with Crippen LogP contribution in [-0.4, -0.2) is 53.7 Å². The molecular weight excluding hydrogens is 284 g/mol. The highest BCUT2D eigenvalue weighted by Gasteiger charge is 2.26. The van der Waals surface area contributed by atoms with Gasteiger partial charge in [0.1, 0.15) is 6.61 Å². The van der Waals surface area contributed by atoms with Crippen molar-refractivity contribution in [1.29, 1.82) is 0 Å². The Bertz CT molecular complexity index is 475. The SMILES string of the molecule is COCc1noc(CCNC(=O)[C@H]2CCCN(C(C)C)C2)n1. The van der Waals surface area contributed by atoms with Crippen LogP contribution in [0.4, 0.5) is 0 Å². The van der Waals surface area contributed by atoms with Gasteiger partial charge in [0, 0.05) is 32.7 Å². The van der Waals surface area contributed by atoms with Gasteiger partial charge in [0.15, 0.2) is 5.82 Å². The molecule has 1 saturated heterocycles. The van der Waals surface area contributed by atoms with E-state index in [1.165, 1.54) is 0 Å². The van der Waals surface area contributed by atoms with Crippen LogP contribution in [-0.2, 0) is 22.6 Å². The number of carbonyl (C=O) groups excluding carboxylic acids is 1. The Kier molecular flexibility index (Phi) is 6.33. The zero-order valence-corrected chi connectivity index (χ0v) is 13.7. The van der Waals surface area contributed by atoms with Crippen LogP contribution < -0.4 is 5.32 Å². The molecule has 1 amide bonds. The lowest BCUT2D eigenvalue weighted by molar-refractivity contribution is -0.126. The van der Waals surface area contributed by atoms with Crippen LogP contribution in [0, 0.1) is 5.92 Å². The molecule has 2 heterocycles. The van der Waals surface area contributed by atoms with Crippen molar-refractivity contribution in [1.82, 2.24) is 20.4 Å². The van der Waals surface area contributed by atoms with E-state index < -0.39 is 0 Å². The van der Waals surface area contributed by atoms with Crippen molar-refractivity contribution in [2.75, 3.05) is 26.7 Å². The minimum Gasteiger partial charge on any atom is -0.377 e. The number of nitrogens with zero attached hydrogens (tertiary/aromatic N) is 3. The van der Waals surface area contributed by atoms with Gasteiger partial charge in [-0.15, -0.1) is 0 Å². The van der Waals surface area contributed by atoms with E-state index in [0.29, 0.717) is 37.3 Å². The molecule has 1 N–H and O–H groups in total. The lowest BCUT2D eigenvalue weighted by Crippen LogP contribution is -2.45. The number of likely N-dealkylation sites (tertiary alicyclic amines) is 1. The summed E-state index contributed by atoms with van der Waals surface area (Å²) in [5.74, 6) is 1.27. The van der Waals surface area contributed by atoms with E-state index in [9.17, 15) is 4.79 Å². The van der Waals surface area contributed by atoms with Gasteiger partial charge in [0.25, 0.3) is 0 Å². The molecule has 1 aliphatic rings. The Balaban J connectivity index is 1.72. The second-order valence-corrected chi connectivity index (χ2v) is 6.01. The normalized spacial score (nSPS) is 19.5. The molecule has 0 aliphatic carbocycles. The second kappa shape index (κ2) is 8.24. The third kappa shape index (κ3) is 4.78. The van der Waals surface area contributed by atoms with Gasteiger partial charge in [0.05, 0.1) is 5.92 Å². The van der Waals surface area contributed by atoms with Crippen molar-refractivity contribution >= 4 is 5.91 Å². The van der Waals surface area contributed by atoms with Gasteiger partial charge in [-0.1, -0.05) is 5.16 Å². The van der Waals surface area contributed by atoms with Gasteiger partial charge in [-0.3, -0.25) is 4.79 Å². The molecule has 0 unspecified atom stereocenters. The summed E-state index contributed by atoms with van der Waals surface area (Å²) in [6.07, 6.45) is 2.59. The third-order valence-corrected chi connectivity index (χ3v) is 3.98. The Hall–Kier alpha value is -1.47. The summed E-state index contributed by atoms with van der Waals surface area (Å²) in [6.45, 7) is 7.14. The molecule has 124 valence electrons. The van der Waals surface area contributed by atoms with E-state index in [2.05, 4.69) is 34.2 Å². The Morgan fingerprint density at radius 2 is 2.36 bits per heavy atom. The fourth-order valence-electron chi connectivity index (χ4n) is 2.71. The molecule has 7 heteroatoms. The molecule has 0 radical (unpaired) electrons. The number of aromatic nitrogens is 2. The van der Waals surface area contributed by atoms with Crippen LogP contribution in [0.2, 0.25) is 0 Å². The van der Waals surface area contributed by atoms with Crippen LogP contribution in [0.5, 0.6) is 0 Å². The summed E-state index contributed by atoms with van der Waals surface area (Å²) in [4.78, 5) is 18.8. The Morgan fingerprint density at radius 3 is 3.09 bits per heavy atom. The molecule has 0 spiro atoms. The van der Waals surface area contributed by atoms with Crippen molar-refractivity contribution in [3.8, 4) is 0 Å². The first-order chi connectivity index (χ1) is 10.6. The van der Waals surface area contributed by atoms with Crippen LogP contribution in [0.15, 0.2) is 4.52 Å². The molecule has 0 saturated carbocycles. The fourth-order valence-corrected chi connectivity index (χ4v) is 2.71. The van der Waals surface area contributed by atoms with Gasteiger partial charge in [-0.05, 0) is 33.2 Å². The predicted molar refractivity (Wildman–Crippen MR) is 81.2 cm³/mol. The molecule has 1 fully saturated rings. The maximum Gasteiger partial charge on any atom is 0.228 e. The van der Waals surface area contributed by atoms with E-state index >= 15 is 0 Å². The molecule has 1 aromatic rings. The van der Waals surface area contributed by atoms with E-state index in [0.717, 1.165) is 25.9 Å². The van der Waals surface area contributed by atoms with Crippen molar-refractivity contribution in [2.24, 2.45) is 5.92 Å². The van der Waals surface area contributed by atoms with E-state index in [4.69, 9.17) is 9.26 Å². The van der Waals surface area contributed by atoms with E-state index in [-0.39, 0.29) is 11.8 Å². The first-order valence-corrected chi connectivity index (χ1v) is 7.92. The lowest BCUT2D eigenvalue weighted by atomic mass is 9.96. The zero-order chi connectivity index (χ0) is 15.9. The van der Waals surface area contributed by atoms with Gasteiger partial charge in [-0.25, -0.2) is 0 Å². The molecular formula is C15H26N4O3. The van der Waals surface area contributed by atoms with Crippen molar-refractivity contribution < 1.29 is 14.1 Å². The average Bonchev–Trinajstić information content (AvgIpc) is 2.95. The number of carbonyl (C=O) groups is 1. The first kappa shape index (κ1) is 16.9. The molecule has 1 aliphatic heterocycles. The van der Waals surface area contributed by atoms with Gasteiger partial charge < -0.3 is 19.5 Å². The standard InChI is InChI=1S/C15H26N4O3/c1-11(2)19-8-4-5-12(9-19)15(20)16-7-6-14-17-13(10-21-3)18-22-14/h11-12H,4-10H2,1-3H3,(H,16,20)/t12-/m0/s1. The number of hydrogen-bond acceptors (Lipinski definition) is 6. The van der Waals surface area contributed by atoms with Crippen LogP contribution in [0.25, 0.3) is 0 Å². The number of piperidine rings is 1. The number of methoxy groups -OCH3 is 1. The monoisotopic (exact) mass is 310 g/mol. The summed E-state index contributed by atoms with van der Waals surface area (Å²) in [7, 11) is 1.58. The lowest BCUT2D eigenvalue weighted by Gasteiger charge is -2.34. The first-order valence-electron chi connectivity index (χ1n) is 7.92. The number of amides is 1. The number of nitrogens with one attached hydrogen (secondary N) is 1. The van der Waals surface area contributed by atoms with Crippen LogP contribution >= 0.6 is 0 Å². The quantitative estimate of drug-likeness (QED) is 0.809. The van der Waals surface area contributed by atoms with Gasteiger partial charge in [0.2, 0.25) is 11.8 Å². The molecule has 1 atom stereocenters. The number of hydrogen-bond donors (Lipinski definition) is 1. The molecule has 0 aromatic carbocycles. The highest BCUT2D eigenvalue weighted by Crippen LogP contribution is 2.18. The summed E-state index contributed by atoms with van der Waals surface area (Å²) in [6, 6.07) is 0.494. The predicted octanol–water partition coefficient (Wildman–Crippen LogP) is 0.995. The average molecular weight is 310 g/mol. The highest BCUT2D eigenvalue weighted by atomic mass is 16.5. The Morgan fingerprint density at radius 1 is 1.55 bits per heavy atom.